The van der Waals surface area contributed by atoms with Gasteiger partial charge in [-0.2, -0.15) is 0 Å². The number of hydrogen-bond acceptors (Lipinski definition) is 2. The van der Waals surface area contributed by atoms with Crippen LogP contribution in [0.5, 0.6) is 0 Å². The number of halogens is 2. The summed E-state index contributed by atoms with van der Waals surface area (Å²) in [6.07, 6.45) is 2.96. The minimum atomic E-state index is -2.49. The van der Waals surface area contributed by atoms with Crippen molar-refractivity contribution >= 4 is 0 Å². The average Bonchev–Trinajstić information content (AvgIpc) is 1.99. The topological polar surface area (TPSA) is 52.0 Å². The Morgan fingerprint density at radius 1 is 1.27 bits per heavy atom. The van der Waals surface area contributed by atoms with Crippen LogP contribution in [0.3, 0.4) is 0 Å². The molecule has 0 aliphatic heterocycles. The molecule has 0 bridgehead atoms. The van der Waals surface area contributed by atoms with Crippen LogP contribution < -0.4 is 11.5 Å². The fraction of sp³-hybridized carbons (Fsp3) is 0.714. The zero-order chi connectivity index (χ0) is 8.85. The highest BCUT2D eigenvalue weighted by molar-refractivity contribution is 4.96. The first-order valence-electron chi connectivity index (χ1n) is 3.33. The Hall–Kier alpha value is -0.660. The van der Waals surface area contributed by atoms with E-state index in [4.69, 9.17) is 17.9 Å². The van der Waals surface area contributed by atoms with Gasteiger partial charge in [-0.15, -0.1) is 6.42 Å². The van der Waals surface area contributed by atoms with Gasteiger partial charge in [0, 0.05) is 0 Å². The van der Waals surface area contributed by atoms with E-state index in [2.05, 4.69) is 5.92 Å². The lowest BCUT2D eigenvalue weighted by Gasteiger charge is -2.10. The van der Waals surface area contributed by atoms with Crippen LogP contribution in [0.4, 0.5) is 8.78 Å². The number of terminal acetylenes is 1. The van der Waals surface area contributed by atoms with Gasteiger partial charge in [-0.1, -0.05) is 5.92 Å². The fourth-order valence-electron chi connectivity index (χ4n) is 0.581. The second kappa shape index (κ2) is 5.05. The molecule has 2 unspecified atom stereocenters. The average molecular weight is 162 g/mol. The van der Waals surface area contributed by atoms with Gasteiger partial charge < -0.3 is 11.5 Å². The van der Waals surface area contributed by atoms with Gasteiger partial charge in [-0.25, -0.2) is 8.78 Å². The maximum absolute atomic E-state index is 11.8. The summed E-state index contributed by atoms with van der Waals surface area (Å²) in [6.45, 7) is 0. The van der Waals surface area contributed by atoms with Crippen molar-refractivity contribution in [1.82, 2.24) is 0 Å². The molecule has 2 nitrogen and oxygen atoms in total. The molecule has 0 rings (SSSR count). The first-order valence-corrected chi connectivity index (χ1v) is 3.33. The quantitative estimate of drug-likeness (QED) is 0.585. The van der Waals surface area contributed by atoms with Crippen molar-refractivity contribution in [2.75, 3.05) is 0 Å². The van der Waals surface area contributed by atoms with E-state index < -0.39 is 18.5 Å². The molecule has 0 aliphatic carbocycles. The van der Waals surface area contributed by atoms with Gasteiger partial charge in [0.2, 0.25) is 0 Å². The van der Waals surface area contributed by atoms with E-state index >= 15 is 0 Å². The molecule has 0 aromatic heterocycles. The third-order valence-corrected chi connectivity index (χ3v) is 1.35. The van der Waals surface area contributed by atoms with Gasteiger partial charge in [0.05, 0.1) is 12.1 Å². The number of hydrogen-bond donors (Lipinski definition) is 2. The van der Waals surface area contributed by atoms with E-state index in [0.29, 0.717) is 6.42 Å². The first-order chi connectivity index (χ1) is 5.07. The molecule has 64 valence electrons. The Morgan fingerprint density at radius 2 is 1.82 bits per heavy atom. The predicted molar refractivity (Wildman–Crippen MR) is 40.0 cm³/mol. The summed E-state index contributed by atoms with van der Waals surface area (Å²) in [7, 11) is 0. The van der Waals surface area contributed by atoms with E-state index in [9.17, 15) is 8.78 Å². The second-order valence-corrected chi connectivity index (χ2v) is 2.35. The van der Waals surface area contributed by atoms with Gasteiger partial charge >= 0.3 is 0 Å². The van der Waals surface area contributed by atoms with Gasteiger partial charge in [-0.05, 0) is 12.8 Å². The van der Waals surface area contributed by atoms with E-state index in [1.807, 2.05) is 0 Å². The molecule has 2 atom stereocenters. The highest BCUT2D eigenvalue weighted by atomic mass is 19.3. The summed E-state index contributed by atoms with van der Waals surface area (Å²) in [6, 6.07) is -1.56. The van der Waals surface area contributed by atoms with Crippen molar-refractivity contribution in [2.45, 2.75) is 31.4 Å². The molecule has 0 aromatic rings. The molecule has 0 aliphatic rings. The number of alkyl halides is 2. The normalized spacial score (nSPS) is 16.0. The predicted octanol–water partition coefficient (Wildman–Crippen LogP) is 0.319. The van der Waals surface area contributed by atoms with Gasteiger partial charge in [0.25, 0.3) is 6.43 Å². The summed E-state index contributed by atoms with van der Waals surface area (Å²) in [4.78, 5) is 0. The molecule has 0 heterocycles. The maximum Gasteiger partial charge on any atom is 0.253 e. The first kappa shape index (κ1) is 10.3. The molecule has 0 saturated carbocycles. The number of nitrogens with two attached hydrogens (primary N) is 2. The number of rotatable bonds is 4. The third-order valence-electron chi connectivity index (χ3n) is 1.35. The van der Waals surface area contributed by atoms with Crippen molar-refractivity contribution in [1.29, 1.82) is 0 Å². The molecular weight excluding hydrogens is 150 g/mol. The van der Waals surface area contributed by atoms with E-state index in [1.54, 1.807) is 0 Å². The summed E-state index contributed by atoms with van der Waals surface area (Å²) < 4.78 is 23.5. The summed E-state index contributed by atoms with van der Waals surface area (Å²) in [5.74, 6) is 2.24. The molecule has 0 aromatic carbocycles. The standard InChI is InChI=1S/C7H12F2N2/c1-2-5(10)3-4-6(11)7(8)9/h1,5-7H,3-4,10-11H2. The van der Waals surface area contributed by atoms with Crippen molar-refractivity contribution in [2.24, 2.45) is 11.5 Å². The van der Waals surface area contributed by atoms with Gasteiger partial charge in [0.1, 0.15) is 0 Å². The molecule has 0 fully saturated rings. The van der Waals surface area contributed by atoms with Gasteiger partial charge in [-0.3, -0.25) is 0 Å². The van der Waals surface area contributed by atoms with Crippen molar-refractivity contribution in [3.05, 3.63) is 0 Å². The van der Waals surface area contributed by atoms with E-state index in [-0.39, 0.29) is 6.42 Å². The Balaban J connectivity index is 3.47. The Labute approximate surface area is 64.9 Å². The van der Waals surface area contributed by atoms with Crippen LogP contribution in [0.15, 0.2) is 0 Å². The Bertz CT molecular complexity index is 142. The lowest BCUT2D eigenvalue weighted by molar-refractivity contribution is 0.111. The molecular formula is C7H12F2N2. The smallest absolute Gasteiger partial charge is 0.253 e. The highest BCUT2D eigenvalue weighted by Crippen LogP contribution is 2.05. The molecule has 4 N–H and O–H groups in total. The Morgan fingerprint density at radius 3 is 2.18 bits per heavy atom. The Kier molecular flexibility index (Phi) is 4.75. The zero-order valence-electron chi connectivity index (χ0n) is 6.13. The second-order valence-electron chi connectivity index (χ2n) is 2.35. The largest absolute Gasteiger partial charge is 0.323 e. The lowest BCUT2D eigenvalue weighted by atomic mass is 10.1. The van der Waals surface area contributed by atoms with Crippen molar-refractivity contribution < 1.29 is 8.78 Å². The van der Waals surface area contributed by atoms with Crippen LogP contribution in [0.25, 0.3) is 0 Å². The van der Waals surface area contributed by atoms with Crippen LogP contribution in [0, 0.1) is 12.3 Å². The van der Waals surface area contributed by atoms with Crippen LogP contribution >= 0.6 is 0 Å². The third kappa shape index (κ3) is 4.71. The van der Waals surface area contributed by atoms with Crippen molar-refractivity contribution in [3.63, 3.8) is 0 Å². The van der Waals surface area contributed by atoms with Crippen LogP contribution in [-0.2, 0) is 0 Å². The molecule has 0 radical (unpaired) electrons. The highest BCUT2D eigenvalue weighted by Gasteiger charge is 2.15. The monoisotopic (exact) mass is 162 g/mol. The van der Waals surface area contributed by atoms with Gasteiger partial charge in [0.15, 0.2) is 0 Å². The molecule has 11 heavy (non-hydrogen) atoms. The van der Waals surface area contributed by atoms with Crippen LogP contribution in [0.1, 0.15) is 12.8 Å². The summed E-state index contributed by atoms with van der Waals surface area (Å²) in [5.41, 5.74) is 10.3. The molecule has 0 amide bonds. The zero-order valence-corrected chi connectivity index (χ0v) is 6.13. The molecule has 0 saturated heterocycles. The minimum absolute atomic E-state index is 0.170. The maximum atomic E-state index is 11.8. The minimum Gasteiger partial charge on any atom is -0.323 e. The molecule has 4 heteroatoms. The lowest BCUT2D eigenvalue weighted by Crippen LogP contribution is -2.31. The SMILES string of the molecule is C#CC(N)CCC(N)C(F)F. The fourth-order valence-corrected chi connectivity index (χ4v) is 0.581. The van der Waals surface area contributed by atoms with E-state index in [0.717, 1.165) is 0 Å². The molecule has 0 spiro atoms. The van der Waals surface area contributed by atoms with Crippen molar-refractivity contribution in [3.8, 4) is 12.3 Å². The summed E-state index contributed by atoms with van der Waals surface area (Å²) >= 11 is 0. The summed E-state index contributed by atoms with van der Waals surface area (Å²) in [5, 5.41) is 0. The van der Waals surface area contributed by atoms with Crippen LogP contribution in [-0.4, -0.2) is 18.5 Å². The van der Waals surface area contributed by atoms with E-state index in [1.165, 1.54) is 0 Å². The van der Waals surface area contributed by atoms with Crippen LogP contribution in [0.2, 0.25) is 0 Å².